The molecule has 6 nitrogen and oxygen atoms in total. The second kappa shape index (κ2) is 9.87. The average Bonchev–Trinajstić information content (AvgIpc) is 2.88. The molecule has 1 unspecified atom stereocenters. The van der Waals surface area contributed by atoms with Gasteiger partial charge < -0.3 is 15.0 Å². The van der Waals surface area contributed by atoms with E-state index in [1.165, 1.54) is 4.90 Å². The smallest absolute Gasteiger partial charge is 0.408 e. The maximum Gasteiger partial charge on any atom is 0.408 e. The number of alkyl carbamates (subject to hydrolysis) is 1. The van der Waals surface area contributed by atoms with Crippen LogP contribution in [0.3, 0.4) is 0 Å². The third-order valence-electron chi connectivity index (χ3n) is 5.14. The molecule has 0 aromatic heterocycles. The van der Waals surface area contributed by atoms with Crippen molar-refractivity contribution in [2.45, 2.75) is 37.8 Å². The normalized spacial score (nSPS) is 19.3. The zero-order valence-corrected chi connectivity index (χ0v) is 16.3. The van der Waals surface area contributed by atoms with Crippen LogP contribution in [0.2, 0.25) is 0 Å². The second-order valence-corrected chi connectivity index (χ2v) is 7.26. The number of likely N-dealkylation sites (tertiary alicyclic amines) is 1. The van der Waals surface area contributed by atoms with E-state index in [0.29, 0.717) is 19.4 Å². The van der Waals surface area contributed by atoms with Gasteiger partial charge in [-0.25, -0.2) is 4.79 Å². The topological polar surface area (TPSA) is 75.7 Å². The summed E-state index contributed by atoms with van der Waals surface area (Å²) in [6.07, 6.45) is 3.51. The van der Waals surface area contributed by atoms with Crippen LogP contribution >= 0.6 is 0 Å². The summed E-state index contributed by atoms with van der Waals surface area (Å²) >= 11 is 0. The molecule has 1 radical (unpaired) electrons. The number of rotatable bonds is 7. The molecule has 1 saturated heterocycles. The van der Waals surface area contributed by atoms with Gasteiger partial charge in [0.15, 0.2) is 0 Å². The van der Waals surface area contributed by atoms with Crippen molar-refractivity contribution in [2.24, 2.45) is 0 Å². The zero-order chi connectivity index (χ0) is 20.5. The number of hydrogen-bond acceptors (Lipinski definition) is 4. The molecule has 3 rings (SSSR count). The van der Waals surface area contributed by atoms with Gasteiger partial charge in [0, 0.05) is 13.0 Å². The van der Waals surface area contributed by atoms with Crippen LogP contribution in [0.4, 0.5) is 4.79 Å². The van der Waals surface area contributed by atoms with Crippen LogP contribution in [0.5, 0.6) is 0 Å². The fraction of sp³-hybridized carbons (Fsp3) is 0.348. The number of carbonyl (C=O) groups is 2. The molecule has 1 aliphatic rings. The standard InChI is InChI=1S/C23H25N2O4/c26-16-15-25-14-8-7-13-23(21(25)27,17-19-9-3-1-4-10-19)24-22(28)29-18-20-11-5-2-6-12-20/h1-6,9-12H,7-8,13-15,17-18H2,(H,24,28). The van der Waals surface area contributed by atoms with Gasteiger partial charge in [0.2, 0.25) is 12.2 Å². The van der Waals surface area contributed by atoms with E-state index in [0.717, 1.165) is 24.0 Å². The minimum Gasteiger partial charge on any atom is -0.445 e. The van der Waals surface area contributed by atoms with E-state index in [2.05, 4.69) is 5.32 Å². The largest absolute Gasteiger partial charge is 0.445 e. The fourth-order valence-corrected chi connectivity index (χ4v) is 3.69. The third kappa shape index (κ3) is 5.44. The predicted molar refractivity (Wildman–Crippen MR) is 109 cm³/mol. The minimum atomic E-state index is -1.15. The summed E-state index contributed by atoms with van der Waals surface area (Å²) in [5.74, 6) is -0.265. The number of amides is 2. The molecule has 1 fully saturated rings. The van der Waals surface area contributed by atoms with E-state index < -0.39 is 11.6 Å². The van der Waals surface area contributed by atoms with Gasteiger partial charge in [-0.2, -0.15) is 0 Å². The van der Waals surface area contributed by atoms with Crippen molar-refractivity contribution in [3.63, 3.8) is 0 Å². The Morgan fingerprint density at radius 3 is 2.34 bits per heavy atom. The first kappa shape index (κ1) is 20.6. The molecular formula is C23H25N2O4. The fourth-order valence-electron chi connectivity index (χ4n) is 3.69. The highest BCUT2D eigenvalue weighted by molar-refractivity contribution is 5.91. The summed E-state index contributed by atoms with van der Waals surface area (Å²) in [7, 11) is 0. The maximum absolute atomic E-state index is 13.3. The van der Waals surface area contributed by atoms with Crippen molar-refractivity contribution in [1.29, 1.82) is 0 Å². The molecule has 2 aromatic rings. The molecule has 29 heavy (non-hydrogen) atoms. The average molecular weight is 393 g/mol. The summed E-state index contributed by atoms with van der Waals surface area (Å²) < 4.78 is 5.38. The Morgan fingerprint density at radius 2 is 1.69 bits per heavy atom. The summed E-state index contributed by atoms with van der Waals surface area (Å²) in [5, 5.41) is 2.85. The van der Waals surface area contributed by atoms with Gasteiger partial charge in [0.25, 0.3) is 0 Å². The number of nitrogens with zero attached hydrogens (tertiary/aromatic N) is 1. The Bertz CT molecular complexity index is 825. The number of carbonyl (C=O) groups excluding carboxylic acids is 3. The molecule has 6 heteroatoms. The van der Waals surface area contributed by atoms with E-state index in [9.17, 15) is 14.4 Å². The van der Waals surface area contributed by atoms with Crippen molar-refractivity contribution in [2.75, 3.05) is 13.1 Å². The first-order valence-corrected chi connectivity index (χ1v) is 9.80. The van der Waals surface area contributed by atoms with Gasteiger partial charge in [-0.15, -0.1) is 0 Å². The van der Waals surface area contributed by atoms with Gasteiger partial charge in [0.1, 0.15) is 12.1 Å². The lowest BCUT2D eigenvalue weighted by molar-refractivity contribution is -0.137. The summed E-state index contributed by atoms with van der Waals surface area (Å²) in [4.78, 5) is 38.4. The minimum absolute atomic E-state index is 0.101. The van der Waals surface area contributed by atoms with Crippen LogP contribution in [0.15, 0.2) is 60.7 Å². The van der Waals surface area contributed by atoms with Crippen LogP contribution in [0.1, 0.15) is 30.4 Å². The van der Waals surface area contributed by atoms with E-state index in [1.54, 1.807) is 0 Å². The van der Waals surface area contributed by atoms with E-state index in [4.69, 9.17) is 4.74 Å². The van der Waals surface area contributed by atoms with E-state index in [1.807, 2.05) is 66.9 Å². The molecule has 1 N–H and O–H groups in total. The number of benzene rings is 2. The molecule has 1 atom stereocenters. The Kier molecular flexibility index (Phi) is 7.00. The monoisotopic (exact) mass is 393 g/mol. The molecule has 0 bridgehead atoms. The Hall–Kier alpha value is -3.15. The van der Waals surface area contributed by atoms with Gasteiger partial charge in [-0.05, 0) is 30.4 Å². The highest BCUT2D eigenvalue weighted by Crippen LogP contribution is 2.27. The second-order valence-electron chi connectivity index (χ2n) is 7.26. The van der Waals surface area contributed by atoms with Gasteiger partial charge >= 0.3 is 6.09 Å². The Balaban J connectivity index is 1.80. The Morgan fingerprint density at radius 1 is 1.03 bits per heavy atom. The van der Waals surface area contributed by atoms with E-state index >= 15 is 0 Å². The SMILES string of the molecule is O=[C]CN1CCCCC(Cc2ccccc2)(NC(=O)OCc2ccccc2)C1=O. The van der Waals surface area contributed by atoms with Crippen molar-refractivity contribution in [1.82, 2.24) is 10.2 Å². The van der Waals surface area contributed by atoms with Crippen molar-refractivity contribution < 1.29 is 19.1 Å². The van der Waals surface area contributed by atoms with Crippen LogP contribution in [0.25, 0.3) is 0 Å². The van der Waals surface area contributed by atoms with Crippen LogP contribution in [-0.4, -0.2) is 41.8 Å². The molecule has 1 heterocycles. The number of hydrogen-bond donors (Lipinski definition) is 1. The number of ether oxygens (including phenoxy) is 1. The molecule has 0 aliphatic carbocycles. The van der Waals surface area contributed by atoms with Crippen LogP contribution in [-0.2, 0) is 27.4 Å². The lowest BCUT2D eigenvalue weighted by atomic mass is 9.85. The summed E-state index contributed by atoms with van der Waals surface area (Å²) in [6.45, 7) is 0.496. The molecule has 0 spiro atoms. The summed E-state index contributed by atoms with van der Waals surface area (Å²) in [5.41, 5.74) is 0.646. The first-order valence-electron chi connectivity index (χ1n) is 9.80. The third-order valence-corrected chi connectivity index (χ3v) is 5.14. The van der Waals surface area contributed by atoms with Gasteiger partial charge in [0.05, 0.1) is 6.54 Å². The van der Waals surface area contributed by atoms with Crippen molar-refractivity contribution in [3.05, 3.63) is 71.8 Å². The highest BCUT2D eigenvalue weighted by Gasteiger charge is 2.44. The van der Waals surface area contributed by atoms with Gasteiger partial charge in [-0.3, -0.25) is 9.59 Å². The predicted octanol–water partition coefficient (Wildman–Crippen LogP) is 3.02. The lowest BCUT2D eigenvalue weighted by Crippen LogP contribution is -2.60. The molecule has 2 aromatic carbocycles. The van der Waals surface area contributed by atoms with Crippen LogP contribution < -0.4 is 5.32 Å². The van der Waals surface area contributed by atoms with E-state index in [-0.39, 0.29) is 19.1 Å². The highest BCUT2D eigenvalue weighted by atomic mass is 16.5. The van der Waals surface area contributed by atoms with Crippen LogP contribution in [0, 0.1) is 0 Å². The molecular weight excluding hydrogens is 368 g/mol. The lowest BCUT2D eigenvalue weighted by Gasteiger charge is -2.35. The Labute approximate surface area is 170 Å². The molecule has 1 aliphatic heterocycles. The van der Waals surface area contributed by atoms with Gasteiger partial charge in [-0.1, -0.05) is 60.7 Å². The van der Waals surface area contributed by atoms with Crippen molar-refractivity contribution >= 4 is 18.3 Å². The molecule has 0 saturated carbocycles. The molecule has 151 valence electrons. The molecule has 2 amide bonds. The number of nitrogens with one attached hydrogen (secondary N) is 1. The maximum atomic E-state index is 13.3. The summed E-state index contributed by atoms with van der Waals surface area (Å²) in [6, 6.07) is 18.9. The zero-order valence-electron chi connectivity index (χ0n) is 16.3. The quantitative estimate of drug-likeness (QED) is 0.785. The van der Waals surface area contributed by atoms with Crippen molar-refractivity contribution in [3.8, 4) is 0 Å². The first-order chi connectivity index (χ1) is 14.1.